The van der Waals surface area contributed by atoms with Crippen LogP contribution in [0.3, 0.4) is 0 Å². The molecule has 0 radical (unpaired) electrons. The highest BCUT2D eigenvalue weighted by molar-refractivity contribution is 5.82. The number of ether oxygens (including phenoxy) is 1. The standard InChI is InChI=1S/C11H20N2O3/c1-13(8-4-6-10(14)16-2)11(15)9-5-3-7-12-9/h9,12H,3-8H2,1-2H3. The van der Waals surface area contributed by atoms with Crippen LogP contribution in [0.2, 0.25) is 0 Å². The van der Waals surface area contributed by atoms with Gasteiger partial charge in [0.25, 0.3) is 0 Å². The van der Waals surface area contributed by atoms with E-state index in [9.17, 15) is 9.59 Å². The number of hydrogen-bond acceptors (Lipinski definition) is 4. The largest absolute Gasteiger partial charge is 0.469 e. The van der Waals surface area contributed by atoms with E-state index in [1.807, 2.05) is 0 Å². The van der Waals surface area contributed by atoms with Gasteiger partial charge in [-0.1, -0.05) is 0 Å². The van der Waals surface area contributed by atoms with Gasteiger partial charge in [0.05, 0.1) is 13.2 Å². The molecule has 0 saturated carbocycles. The van der Waals surface area contributed by atoms with Crippen LogP contribution in [0.4, 0.5) is 0 Å². The summed E-state index contributed by atoms with van der Waals surface area (Å²) < 4.78 is 4.54. The molecule has 1 heterocycles. The second kappa shape index (κ2) is 6.48. The number of carbonyl (C=O) groups excluding carboxylic acids is 2. The van der Waals surface area contributed by atoms with Crippen molar-refractivity contribution in [2.45, 2.75) is 31.7 Å². The number of carbonyl (C=O) groups is 2. The van der Waals surface area contributed by atoms with Crippen LogP contribution in [-0.4, -0.2) is 50.1 Å². The van der Waals surface area contributed by atoms with Gasteiger partial charge < -0.3 is 15.0 Å². The van der Waals surface area contributed by atoms with Gasteiger partial charge in [-0.2, -0.15) is 0 Å². The molecule has 1 rings (SSSR count). The molecule has 0 aromatic rings. The quantitative estimate of drug-likeness (QED) is 0.680. The van der Waals surface area contributed by atoms with E-state index in [0.29, 0.717) is 19.4 Å². The van der Waals surface area contributed by atoms with E-state index in [0.717, 1.165) is 19.4 Å². The number of nitrogens with zero attached hydrogens (tertiary/aromatic N) is 1. The second-order valence-corrected chi connectivity index (χ2v) is 4.09. The van der Waals surface area contributed by atoms with Crippen molar-refractivity contribution in [1.82, 2.24) is 10.2 Å². The van der Waals surface area contributed by atoms with Crippen molar-refractivity contribution in [3.05, 3.63) is 0 Å². The number of hydrogen-bond donors (Lipinski definition) is 1. The van der Waals surface area contributed by atoms with Gasteiger partial charge in [0.15, 0.2) is 0 Å². The van der Waals surface area contributed by atoms with Gasteiger partial charge in [0.1, 0.15) is 0 Å². The fraction of sp³-hybridized carbons (Fsp3) is 0.818. The minimum Gasteiger partial charge on any atom is -0.469 e. The highest BCUT2D eigenvalue weighted by Gasteiger charge is 2.24. The predicted octanol–water partition coefficient (Wildman–Crippen LogP) is 0.150. The summed E-state index contributed by atoms with van der Waals surface area (Å²) >= 11 is 0. The first-order valence-electron chi connectivity index (χ1n) is 5.70. The fourth-order valence-electron chi connectivity index (χ4n) is 1.83. The predicted molar refractivity (Wildman–Crippen MR) is 59.9 cm³/mol. The SMILES string of the molecule is COC(=O)CCCN(C)C(=O)C1CCCN1. The van der Waals surface area contributed by atoms with Crippen LogP contribution in [0.25, 0.3) is 0 Å². The van der Waals surface area contributed by atoms with Crippen LogP contribution < -0.4 is 5.32 Å². The fourth-order valence-corrected chi connectivity index (χ4v) is 1.83. The molecule has 0 aromatic heterocycles. The van der Waals surface area contributed by atoms with Crippen molar-refractivity contribution in [3.8, 4) is 0 Å². The molecule has 1 aliphatic heterocycles. The number of esters is 1. The van der Waals surface area contributed by atoms with Crippen LogP contribution in [0.5, 0.6) is 0 Å². The lowest BCUT2D eigenvalue weighted by molar-refractivity contribution is -0.141. The van der Waals surface area contributed by atoms with E-state index in [1.54, 1.807) is 11.9 Å². The Hall–Kier alpha value is -1.10. The summed E-state index contributed by atoms with van der Waals surface area (Å²) in [5, 5.41) is 3.16. The number of amides is 1. The average Bonchev–Trinajstić information content (AvgIpc) is 2.81. The normalized spacial score (nSPS) is 19.5. The number of nitrogens with one attached hydrogen (secondary N) is 1. The van der Waals surface area contributed by atoms with Gasteiger partial charge in [-0.15, -0.1) is 0 Å². The first kappa shape index (κ1) is 13.0. The highest BCUT2D eigenvalue weighted by Crippen LogP contribution is 2.08. The second-order valence-electron chi connectivity index (χ2n) is 4.09. The molecule has 16 heavy (non-hydrogen) atoms. The molecule has 92 valence electrons. The molecule has 1 aliphatic rings. The summed E-state index contributed by atoms with van der Waals surface area (Å²) in [5.74, 6) is -0.0952. The smallest absolute Gasteiger partial charge is 0.305 e. The van der Waals surface area contributed by atoms with E-state index in [4.69, 9.17) is 0 Å². The lowest BCUT2D eigenvalue weighted by Gasteiger charge is -2.20. The Kier molecular flexibility index (Phi) is 5.25. The third-order valence-corrected chi connectivity index (χ3v) is 2.84. The monoisotopic (exact) mass is 228 g/mol. The zero-order valence-electron chi connectivity index (χ0n) is 9.99. The molecule has 5 heteroatoms. The van der Waals surface area contributed by atoms with Crippen LogP contribution in [0.15, 0.2) is 0 Å². The maximum Gasteiger partial charge on any atom is 0.305 e. The van der Waals surface area contributed by atoms with Crippen molar-refractivity contribution < 1.29 is 14.3 Å². The third kappa shape index (κ3) is 3.81. The van der Waals surface area contributed by atoms with E-state index in [-0.39, 0.29) is 17.9 Å². The maximum absolute atomic E-state index is 11.8. The average molecular weight is 228 g/mol. The lowest BCUT2D eigenvalue weighted by Crippen LogP contribution is -2.42. The van der Waals surface area contributed by atoms with Crippen LogP contribution >= 0.6 is 0 Å². The molecule has 1 fully saturated rings. The van der Waals surface area contributed by atoms with Crippen molar-refractivity contribution in [2.24, 2.45) is 0 Å². The van der Waals surface area contributed by atoms with Gasteiger partial charge in [-0.05, 0) is 25.8 Å². The van der Waals surface area contributed by atoms with E-state index in [1.165, 1.54) is 7.11 Å². The Morgan fingerprint density at radius 3 is 2.81 bits per heavy atom. The molecular formula is C11H20N2O3. The molecule has 1 amide bonds. The Morgan fingerprint density at radius 1 is 1.50 bits per heavy atom. The Labute approximate surface area is 96.1 Å². The topological polar surface area (TPSA) is 58.6 Å². The molecule has 0 aliphatic carbocycles. The van der Waals surface area contributed by atoms with Crippen molar-refractivity contribution in [1.29, 1.82) is 0 Å². The molecule has 1 saturated heterocycles. The lowest BCUT2D eigenvalue weighted by atomic mass is 10.2. The molecule has 0 bridgehead atoms. The third-order valence-electron chi connectivity index (χ3n) is 2.84. The molecule has 1 atom stereocenters. The van der Waals surface area contributed by atoms with Gasteiger partial charge in [-0.3, -0.25) is 9.59 Å². The molecular weight excluding hydrogens is 208 g/mol. The summed E-state index contributed by atoms with van der Waals surface area (Å²) in [6.45, 7) is 1.53. The summed E-state index contributed by atoms with van der Waals surface area (Å²) in [6, 6.07) is -0.0249. The van der Waals surface area contributed by atoms with Gasteiger partial charge in [-0.25, -0.2) is 0 Å². The van der Waals surface area contributed by atoms with Crippen molar-refractivity contribution >= 4 is 11.9 Å². The van der Waals surface area contributed by atoms with Crippen LogP contribution in [0, 0.1) is 0 Å². The van der Waals surface area contributed by atoms with Gasteiger partial charge in [0, 0.05) is 20.0 Å². The van der Waals surface area contributed by atoms with E-state index >= 15 is 0 Å². The summed E-state index contributed by atoms with van der Waals surface area (Å²) in [6.07, 6.45) is 3.00. The molecule has 5 nitrogen and oxygen atoms in total. The number of methoxy groups -OCH3 is 1. The van der Waals surface area contributed by atoms with Crippen molar-refractivity contribution in [3.63, 3.8) is 0 Å². The van der Waals surface area contributed by atoms with Crippen molar-refractivity contribution in [2.75, 3.05) is 27.2 Å². The van der Waals surface area contributed by atoms with E-state index in [2.05, 4.69) is 10.1 Å². The van der Waals surface area contributed by atoms with E-state index < -0.39 is 0 Å². The summed E-state index contributed by atoms with van der Waals surface area (Å²) in [7, 11) is 3.15. The Balaban J connectivity index is 2.20. The number of rotatable bonds is 5. The maximum atomic E-state index is 11.8. The van der Waals surface area contributed by atoms with Crippen LogP contribution in [-0.2, 0) is 14.3 Å². The Morgan fingerprint density at radius 2 is 2.25 bits per heavy atom. The highest BCUT2D eigenvalue weighted by atomic mass is 16.5. The van der Waals surface area contributed by atoms with Crippen LogP contribution in [0.1, 0.15) is 25.7 Å². The number of likely N-dealkylation sites (N-methyl/N-ethyl adjacent to an activating group) is 1. The molecule has 1 unspecified atom stereocenters. The molecule has 1 N–H and O–H groups in total. The first-order chi connectivity index (χ1) is 7.65. The summed E-state index contributed by atoms with van der Waals surface area (Å²) in [5.41, 5.74) is 0. The Bertz CT molecular complexity index is 250. The first-order valence-corrected chi connectivity index (χ1v) is 5.70. The van der Waals surface area contributed by atoms with Gasteiger partial charge in [0.2, 0.25) is 5.91 Å². The zero-order chi connectivity index (χ0) is 12.0. The zero-order valence-corrected chi connectivity index (χ0v) is 9.99. The summed E-state index contributed by atoms with van der Waals surface area (Å²) in [4.78, 5) is 24.4. The van der Waals surface area contributed by atoms with Gasteiger partial charge >= 0.3 is 5.97 Å². The minimum atomic E-state index is -0.222. The molecule has 0 spiro atoms. The minimum absolute atomic E-state index is 0.0249. The molecule has 0 aromatic carbocycles.